The third-order valence-corrected chi connectivity index (χ3v) is 3.83. The van der Waals surface area contributed by atoms with E-state index >= 15 is 0 Å². The van der Waals surface area contributed by atoms with Gasteiger partial charge in [-0.15, -0.1) is 0 Å². The van der Waals surface area contributed by atoms with E-state index < -0.39 is 0 Å². The summed E-state index contributed by atoms with van der Waals surface area (Å²) in [7, 11) is 5.80. The molecule has 0 aliphatic carbocycles. The summed E-state index contributed by atoms with van der Waals surface area (Å²) < 4.78 is 6.44. The van der Waals surface area contributed by atoms with E-state index in [4.69, 9.17) is 4.74 Å². The third kappa shape index (κ3) is 4.48. The molecule has 0 atom stereocenters. The molecule has 0 saturated heterocycles. The van der Waals surface area contributed by atoms with E-state index in [1.807, 2.05) is 26.2 Å². The average Bonchev–Trinajstić information content (AvgIpc) is 2.48. The number of nitrogens with one attached hydrogen (secondary N) is 1. The van der Waals surface area contributed by atoms with Crippen LogP contribution in [0.4, 0.5) is 5.69 Å². The van der Waals surface area contributed by atoms with Crippen molar-refractivity contribution in [2.45, 2.75) is 13.1 Å². The summed E-state index contributed by atoms with van der Waals surface area (Å²) in [5.41, 5.74) is 3.64. The molecular weight excluding hydrogens is 328 g/mol. The molecule has 0 fully saturated rings. The minimum Gasteiger partial charge on any atom is -0.496 e. The summed E-state index contributed by atoms with van der Waals surface area (Å²) in [6.45, 7) is 1.61. The van der Waals surface area contributed by atoms with Gasteiger partial charge in [0, 0.05) is 42.9 Å². The number of anilines is 1. The highest BCUT2D eigenvalue weighted by molar-refractivity contribution is 9.10. The topological polar surface area (TPSA) is 24.5 Å². The van der Waals surface area contributed by atoms with Crippen molar-refractivity contribution in [2.24, 2.45) is 0 Å². The first kappa shape index (κ1) is 15.9. The van der Waals surface area contributed by atoms with Crippen molar-refractivity contribution in [3.63, 3.8) is 0 Å². The molecule has 2 aromatic carbocycles. The Balaban J connectivity index is 1.93. The maximum Gasteiger partial charge on any atom is 0.123 e. The predicted octanol–water partition coefficient (Wildman–Crippen LogP) is 3.81. The van der Waals surface area contributed by atoms with Crippen LogP contribution in [0.25, 0.3) is 0 Å². The molecule has 112 valence electrons. The first-order valence-corrected chi connectivity index (χ1v) is 7.69. The van der Waals surface area contributed by atoms with Crippen LogP contribution >= 0.6 is 15.9 Å². The SMILES string of the molecule is COc1ccc(Br)cc1CNCc1ccc(N(C)C)cc1. The summed E-state index contributed by atoms with van der Waals surface area (Å²) >= 11 is 3.50. The molecule has 0 bridgehead atoms. The lowest BCUT2D eigenvalue weighted by Crippen LogP contribution is -2.14. The molecule has 0 radical (unpaired) electrons. The van der Waals surface area contributed by atoms with Crippen LogP contribution < -0.4 is 15.0 Å². The quantitative estimate of drug-likeness (QED) is 0.858. The van der Waals surface area contributed by atoms with Crippen molar-refractivity contribution < 1.29 is 4.74 Å². The molecule has 0 aliphatic rings. The van der Waals surface area contributed by atoms with E-state index in [-0.39, 0.29) is 0 Å². The van der Waals surface area contributed by atoms with E-state index in [0.29, 0.717) is 0 Å². The molecule has 2 rings (SSSR count). The Kier molecular flexibility index (Phi) is 5.65. The van der Waals surface area contributed by atoms with Crippen LogP contribution in [-0.2, 0) is 13.1 Å². The van der Waals surface area contributed by atoms with Gasteiger partial charge < -0.3 is 15.0 Å². The molecule has 1 N–H and O–H groups in total. The molecule has 0 spiro atoms. The van der Waals surface area contributed by atoms with Gasteiger partial charge in [-0.05, 0) is 35.9 Å². The molecule has 21 heavy (non-hydrogen) atoms. The normalized spacial score (nSPS) is 10.5. The number of ether oxygens (including phenoxy) is 1. The number of halogens is 1. The lowest BCUT2D eigenvalue weighted by atomic mass is 10.1. The van der Waals surface area contributed by atoms with Gasteiger partial charge in [0.05, 0.1) is 7.11 Å². The van der Waals surface area contributed by atoms with Gasteiger partial charge in [-0.1, -0.05) is 28.1 Å². The Morgan fingerprint density at radius 1 is 1.05 bits per heavy atom. The Bertz CT molecular complexity index is 582. The maximum absolute atomic E-state index is 5.38. The van der Waals surface area contributed by atoms with Crippen molar-refractivity contribution >= 4 is 21.6 Å². The zero-order valence-corrected chi connectivity index (χ0v) is 14.3. The van der Waals surface area contributed by atoms with Gasteiger partial charge in [-0.25, -0.2) is 0 Å². The van der Waals surface area contributed by atoms with Crippen molar-refractivity contribution in [1.82, 2.24) is 5.32 Å². The average molecular weight is 349 g/mol. The second kappa shape index (κ2) is 7.48. The summed E-state index contributed by atoms with van der Waals surface area (Å²) in [6, 6.07) is 14.6. The molecule has 0 heterocycles. The highest BCUT2D eigenvalue weighted by Gasteiger charge is 2.03. The van der Waals surface area contributed by atoms with E-state index in [1.54, 1.807) is 7.11 Å². The number of rotatable bonds is 6. The highest BCUT2D eigenvalue weighted by atomic mass is 79.9. The maximum atomic E-state index is 5.38. The van der Waals surface area contributed by atoms with Gasteiger partial charge >= 0.3 is 0 Å². The van der Waals surface area contributed by atoms with Crippen LogP contribution in [0.5, 0.6) is 5.75 Å². The fourth-order valence-electron chi connectivity index (χ4n) is 2.14. The minimum atomic E-state index is 0.776. The molecule has 4 heteroatoms. The van der Waals surface area contributed by atoms with Crippen LogP contribution in [0.1, 0.15) is 11.1 Å². The molecule has 0 aromatic heterocycles. The molecule has 0 unspecified atom stereocenters. The van der Waals surface area contributed by atoms with Gasteiger partial charge in [-0.3, -0.25) is 0 Å². The summed E-state index contributed by atoms with van der Waals surface area (Å²) in [5.74, 6) is 0.911. The largest absolute Gasteiger partial charge is 0.496 e. The number of nitrogens with zero attached hydrogens (tertiary/aromatic N) is 1. The van der Waals surface area contributed by atoms with Gasteiger partial charge in [0.1, 0.15) is 5.75 Å². The second-order valence-electron chi connectivity index (χ2n) is 5.12. The van der Waals surface area contributed by atoms with Gasteiger partial charge in [0.15, 0.2) is 0 Å². The van der Waals surface area contributed by atoms with Crippen molar-refractivity contribution in [2.75, 3.05) is 26.1 Å². The van der Waals surface area contributed by atoms with Gasteiger partial charge in [-0.2, -0.15) is 0 Å². The Morgan fingerprint density at radius 3 is 2.38 bits per heavy atom. The summed E-state index contributed by atoms with van der Waals surface area (Å²) in [5, 5.41) is 3.45. The summed E-state index contributed by atoms with van der Waals surface area (Å²) in [6.07, 6.45) is 0. The van der Waals surface area contributed by atoms with Crippen LogP contribution in [0.15, 0.2) is 46.9 Å². The van der Waals surface area contributed by atoms with E-state index in [1.165, 1.54) is 11.3 Å². The van der Waals surface area contributed by atoms with Crippen molar-refractivity contribution in [1.29, 1.82) is 0 Å². The summed E-state index contributed by atoms with van der Waals surface area (Å²) in [4.78, 5) is 2.10. The first-order valence-electron chi connectivity index (χ1n) is 6.89. The zero-order valence-electron chi connectivity index (χ0n) is 12.7. The molecule has 3 nitrogen and oxygen atoms in total. The lowest BCUT2D eigenvalue weighted by Gasteiger charge is -2.13. The molecule has 0 amide bonds. The number of methoxy groups -OCH3 is 1. The smallest absolute Gasteiger partial charge is 0.123 e. The number of hydrogen-bond donors (Lipinski definition) is 1. The van der Waals surface area contributed by atoms with Crippen LogP contribution in [0.2, 0.25) is 0 Å². The Hall–Kier alpha value is -1.52. The van der Waals surface area contributed by atoms with Crippen molar-refractivity contribution in [3.05, 3.63) is 58.1 Å². The Labute approximate surface area is 135 Å². The predicted molar refractivity (Wildman–Crippen MR) is 92.0 cm³/mol. The number of benzene rings is 2. The van der Waals surface area contributed by atoms with Crippen LogP contribution in [-0.4, -0.2) is 21.2 Å². The zero-order chi connectivity index (χ0) is 15.2. The fourth-order valence-corrected chi connectivity index (χ4v) is 2.55. The minimum absolute atomic E-state index is 0.776. The van der Waals surface area contributed by atoms with E-state index in [9.17, 15) is 0 Å². The molecule has 2 aromatic rings. The van der Waals surface area contributed by atoms with Crippen LogP contribution in [0, 0.1) is 0 Å². The number of hydrogen-bond acceptors (Lipinski definition) is 3. The lowest BCUT2D eigenvalue weighted by molar-refractivity contribution is 0.407. The molecular formula is C17H21BrN2O. The second-order valence-corrected chi connectivity index (χ2v) is 6.04. The van der Waals surface area contributed by atoms with Crippen molar-refractivity contribution in [3.8, 4) is 5.75 Å². The van der Waals surface area contributed by atoms with E-state index in [0.717, 1.165) is 28.9 Å². The van der Waals surface area contributed by atoms with Crippen LogP contribution in [0.3, 0.4) is 0 Å². The van der Waals surface area contributed by atoms with Gasteiger partial charge in [0.2, 0.25) is 0 Å². The molecule has 0 saturated carbocycles. The van der Waals surface area contributed by atoms with E-state index in [2.05, 4.69) is 56.5 Å². The standard InChI is InChI=1S/C17H21BrN2O/c1-20(2)16-7-4-13(5-8-16)11-19-12-14-10-15(18)6-9-17(14)21-3/h4-10,19H,11-12H2,1-3H3. The first-order chi connectivity index (χ1) is 10.1. The fraction of sp³-hybridized carbons (Fsp3) is 0.294. The monoisotopic (exact) mass is 348 g/mol. The molecule has 0 aliphatic heterocycles. The Morgan fingerprint density at radius 2 is 1.76 bits per heavy atom. The highest BCUT2D eigenvalue weighted by Crippen LogP contribution is 2.22. The third-order valence-electron chi connectivity index (χ3n) is 3.34. The van der Waals surface area contributed by atoms with Gasteiger partial charge in [0.25, 0.3) is 0 Å².